The molecule has 0 saturated carbocycles. The molecule has 1 N–H and O–H groups in total. The average molecular weight is 507 g/mol. The fourth-order valence-corrected chi connectivity index (χ4v) is 4.79. The molecule has 4 aromatic rings. The van der Waals surface area contributed by atoms with Crippen molar-refractivity contribution in [3.8, 4) is 5.69 Å². The Labute approximate surface area is 199 Å². The molecule has 0 spiro atoms. The van der Waals surface area contributed by atoms with Crippen molar-refractivity contribution in [3.63, 3.8) is 0 Å². The molecule has 0 radical (unpaired) electrons. The summed E-state index contributed by atoms with van der Waals surface area (Å²) in [5.41, 5.74) is 4.41. The Bertz CT molecular complexity index is 1270. The molecule has 1 aliphatic rings. The molecule has 0 amide bonds. The molecule has 2 aromatic carbocycles. The molecule has 0 bridgehead atoms. The summed E-state index contributed by atoms with van der Waals surface area (Å²) in [6.45, 7) is 1.77. The van der Waals surface area contributed by atoms with E-state index < -0.39 is 0 Å². The molecule has 0 aliphatic carbocycles. The summed E-state index contributed by atoms with van der Waals surface area (Å²) in [6.07, 6.45) is 3.83. The third kappa shape index (κ3) is 3.72. The maximum Gasteiger partial charge on any atom is 0.174 e. The van der Waals surface area contributed by atoms with E-state index in [0.717, 1.165) is 27.2 Å². The third-order valence-corrected chi connectivity index (χ3v) is 6.55. The van der Waals surface area contributed by atoms with Gasteiger partial charge in [0.15, 0.2) is 5.11 Å². The van der Waals surface area contributed by atoms with Gasteiger partial charge >= 0.3 is 0 Å². The molecule has 5 rings (SSSR count). The van der Waals surface area contributed by atoms with E-state index in [1.165, 1.54) is 6.07 Å². The van der Waals surface area contributed by atoms with Crippen LogP contribution in [0.3, 0.4) is 0 Å². The molecule has 3 heterocycles. The largest absolute Gasteiger partial charge is 0.351 e. The van der Waals surface area contributed by atoms with Crippen LogP contribution in [0.4, 0.5) is 10.1 Å². The van der Waals surface area contributed by atoms with E-state index in [2.05, 4.69) is 53.9 Å². The van der Waals surface area contributed by atoms with Gasteiger partial charge < -0.3 is 14.8 Å². The molecule has 4 nitrogen and oxygen atoms in total. The smallest absolute Gasteiger partial charge is 0.174 e. The Morgan fingerprint density at radius 1 is 1.00 bits per heavy atom. The summed E-state index contributed by atoms with van der Waals surface area (Å²) < 4.78 is 17.2. The molecular weight excluding hydrogens is 487 g/mol. The lowest BCUT2D eigenvalue weighted by Gasteiger charge is -2.29. The van der Waals surface area contributed by atoms with Crippen LogP contribution in [0.25, 0.3) is 5.69 Å². The minimum Gasteiger partial charge on any atom is -0.351 e. The zero-order chi connectivity index (χ0) is 22.2. The second-order valence-corrected chi connectivity index (χ2v) is 9.01. The number of anilines is 1. The minimum atomic E-state index is -0.233. The quantitative estimate of drug-likeness (QED) is 0.331. The number of thiocarbonyl (C=S) groups is 1. The van der Waals surface area contributed by atoms with Crippen LogP contribution in [0.2, 0.25) is 0 Å². The highest BCUT2D eigenvalue weighted by Gasteiger charge is 2.42. The number of benzene rings is 2. The summed E-state index contributed by atoms with van der Waals surface area (Å²) in [4.78, 5) is 6.67. The molecule has 1 saturated heterocycles. The molecule has 160 valence electrons. The van der Waals surface area contributed by atoms with Crippen molar-refractivity contribution in [1.82, 2.24) is 14.9 Å². The van der Waals surface area contributed by atoms with E-state index in [-0.39, 0.29) is 17.9 Å². The number of nitrogens with zero attached hydrogens (tertiary/aromatic N) is 3. The number of nitrogens with one attached hydrogen (secondary N) is 1. The molecule has 2 aromatic heterocycles. The van der Waals surface area contributed by atoms with Gasteiger partial charge in [0.1, 0.15) is 11.9 Å². The van der Waals surface area contributed by atoms with Gasteiger partial charge in [-0.05, 0) is 91.4 Å². The molecule has 1 fully saturated rings. The number of pyridine rings is 1. The van der Waals surface area contributed by atoms with E-state index >= 15 is 0 Å². The van der Waals surface area contributed by atoms with Gasteiger partial charge in [-0.1, -0.05) is 22.0 Å². The topological polar surface area (TPSA) is 33.1 Å². The second kappa shape index (κ2) is 8.48. The van der Waals surface area contributed by atoms with Gasteiger partial charge in [0.25, 0.3) is 0 Å². The SMILES string of the molecule is Cc1cc(N2C(=S)NC(c3ccccn3)C2c2cccn2-c2ccc(Br)cc2)ccc1F. The lowest BCUT2D eigenvalue weighted by Crippen LogP contribution is -2.30. The highest BCUT2D eigenvalue weighted by Crippen LogP contribution is 2.42. The molecule has 2 unspecified atom stereocenters. The summed E-state index contributed by atoms with van der Waals surface area (Å²) in [6, 6.07) is 22.9. The van der Waals surface area contributed by atoms with Crippen LogP contribution in [0, 0.1) is 12.7 Å². The van der Waals surface area contributed by atoms with E-state index in [4.69, 9.17) is 12.2 Å². The third-order valence-electron chi connectivity index (χ3n) is 5.71. The standard InChI is InChI=1S/C25H20BrFN4S/c1-16-15-19(11-12-20(16)27)31-24(23(29-25(31)32)21-5-2-3-13-28-21)22-6-4-14-30(22)18-9-7-17(26)8-10-18/h2-15,23-24H,1H3,(H,29,32). The lowest BCUT2D eigenvalue weighted by molar-refractivity contribution is 0.549. The maximum atomic E-state index is 14.0. The maximum absolute atomic E-state index is 14.0. The first-order valence-electron chi connectivity index (χ1n) is 10.2. The molecule has 7 heteroatoms. The number of halogens is 2. The van der Waals surface area contributed by atoms with Gasteiger partial charge in [-0.15, -0.1) is 0 Å². The van der Waals surface area contributed by atoms with Crippen molar-refractivity contribution in [2.75, 3.05) is 4.90 Å². The van der Waals surface area contributed by atoms with Gasteiger partial charge in [0.2, 0.25) is 0 Å². The monoisotopic (exact) mass is 506 g/mol. The van der Waals surface area contributed by atoms with Crippen LogP contribution in [-0.4, -0.2) is 14.7 Å². The Hall–Kier alpha value is -3.03. The predicted molar refractivity (Wildman–Crippen MR) is 133 cm³/mol. The second-order valence-electron chi connectivity index (χ2n) is 7.71. The first-order chi connectivity index (χ1) is 15.5. The van der Waals surface area contributed by atoms with Gasteiger partial charge in [0, 0.05) is 33.9 Å². The van der Waals surface area contributed by atoms with Crippen LogP contribution in [-0.2, 0) is 0 Å². The Balaban J connectivity index is 1.67. The highest BCUT2D eigenvalue weighted by molar-refractivity contribution is 9.10. The van der Waals surface area contributed by atoms with E-state index in [0.29, 0.717) is 10.7 Å². The number of aromatic nitrogens is 2. The number of hydrogen-bond donors (Lipinski definition) is 1. The fourth-order valence-electron chi connectivity index (χ4n) is 4.18. The summed E-state index contributed by atoms with van der Waals surface area (Å²) >= 11 is 9.29. The summed E-state index contributed by atoms with van der Waals surface area (Å²) in [7, 11) is 0. The molecular formula is C25H20BrFN4S. The number of hydrogen-bond acceptors (Lipinski definition) is 2. The zero-order valence-electron chi connectivity index (χ0n) is 17.2. The van der Waals surface area contributed by atoms with Gasteiger partial charge in [-0.3, -0.25) is 4.98 Å². The Morgan fingerprint density at radius 3 is 2.50 bits per heavy atom. The normalized spacial score (nSPS) is 18.1. The van der Waals surface area contributed by atoms with Crippen LogP contribution in [0.1, 0.15) is 29.0 Å². The minimum absolute atomic E-state index is 0.168. The van der Waals surface area contributed by atoms with Crippen LogP contribution in [0.15, 0.2) is 89.7 Å². The fraction of sp³-hybridized carbons (Fsp3) is 0.120. The van der Waals surface area contributed by atoms with Crippen molar-refractivity contribution < 1.29 is 4.39 Å². The molecule has 1 aliphatic heterocycles. The van der Waals surface area contributed by atoms with Crippen molar-refractivity contribution in [2.45, 2.75) is 19.0 Å². The summed E-state index contributed by atoms with van der Waals surface area (Å²) in [5, 5.41) is 4.04. The lowest BCUT2D eigenvalue weighted by atomic mass is 10.0. The van der Waals surface area contributed by atoms with Gasteiger partial charge in [0.05, 0.1) is 11.7 Å². The van der Waals surface area contributed by atoms with Gasteiger partial charge in [-0.2, -0.15) is 0 Å². The highest BCUT2D eigenvalue weighted by atomic mass is 79.9. The first kappa shape index (κ1) is 20.8. The van der Waals surface area contributed by atoms with Crippen LogP contribution in [0.5, 0.6) is 0 Å². The number of rotatable bonds is 4. The van der Waals surface area contributed by atoms with E-state index in [9.17, 15) is 4.39 Å². The zero-order valence-corrected chi connectivity index (χ0v) is 19.6. The number of aryl methyl sites for hydroxylation is 1. The van der Waals surface area contributed by atoms with Crippen molar-refractivity contribution in [2.24, 2.45) is 0 Å². The van der Waals surface area contributed by atoms with Crippen LogP contribution < -0.4 is 10.2 Å². The molecule has 2 atom stereocenters. The Morgan fingerprint density at radius 2 is 1.78 bits per heavy atom. The van der Waals surface area contributed by atoms with Crippen molar-refractivity contribution in [1.29, 1.82) is 0 Å². The van der Waals surface area contributed by atoms with E-state index in [1.54, 1.807) is 19.2 Å². The molecule has 32 heavy (non-hydrogen) atoms. The van der Waals surface area contributed by atoms with Crippen molar-refractivity contribution in [3.05, 3.63) is 112 Å². The van der Waals surface area contributed by atoms with E-state index in [1.807, 2.05) is 48.7 Å². The summed E-state index contributed by atoms with van der Waals surface area (Å²) in [5.74, 6) is -0.233. The van der Waals surface area contributed by atoms with Gasteiger partial charge in [-0.25, -0.2) is 4.39 Å². The predicted octanol–water partition coefficient (Wildman–Crippen LogP) is 6.26. The average Bonchev–Trinajstić information content (AvgIpc) is 3.41. The first-order valence-corrected chi connectivity index (χ1v) is 11.4. The van der Waals surface area contributed by atoms with Crippen LogP contribution >= 0.6 is 28.1 Å². The Kier molecular flexibility index (Phi) is 5.53. The van der Waals surface area contributed by atoms with Crippen molar-refractivity contribution >= 4 is 38.9 Å².